The van der Waals surface area contributed by atoms with Gasteiger partial charge < -0.3 is 15.2 Å². The number of nitrogens with two attached hydrogens (primary N) is 1. The molecule has 1 rings (SSSR count). The van der Waals surface area contributed by atoms with Crippen LogP contribution >= 0.6 is 0 Å². The van der Waals surface area contributed by atoms with E-state index < -0.39 is 12.7 Å². The topological polar surface area (TPSA) is 51.0 Å². The van der Waals surface area contributed by atoms with Gasteiger partial charge in [0, 0.05) is 59.4 Å². The molecule has 0 aliphatic carbocycles. The van der Waals surface area contributed by atoms with Crippen LogP contribution in [0.15, 0.2) is 0 Å². The lowest BCUT2D eigenvalue weighted by atomic mass is 10.1. The summed E-state index contributed by atoms with van der Waals surface area (Å²) in [5.41, 5.74) is 5.75. The van der Waals surface area contributed by atoms with Gasteiger partial charge in [-0.1, -0.05) is 0 Å². The first kappa shape index (κ1) is 17.6. The second-order valence-corrected chi connectivity index (χ2v) is 4.95. The zero-order valence-electron chi connectivity index (χ0n) is 12.0. The fraction of sp³-hybridized carbons (Fsp3) is 1.00. The van der Waals surface area contributed by atoms with E-state index in [1.54, 1.807) is 14.2 Å². The predicted molar refractivity (Wildman–Crippen MR) is 69.3 cm³/mol. The van der Waals surface area contributed by atoms with Gasteiger partial charge in [-0.3, -0.25) is 9.80 Å². The maximum atomic E-state index is 12.3. The first-order chi connectivity index (χ1) is 9.39. The molecule has 0 aromatic carbocycles. The Morgan fingerprint density at radius 3 is 2.05 bits per heavy atom. The predicted octanol–water partition coefficient (Wildman–Crippen LogP) is 0.503. The lowest BCUT2D eigenvalue weighted by molar-refractivity contribution is -0.151. The number of methoxy groups -OCH3 is 2. The van der Waals surface area contributed by atoms with Gasteiger partial charge in [-0.2, -0.15) is 13.2 Å². The van der Waals surface area contributed by atoms with E-state index in [2.05, 4.69) is 4.90 Å². The van der Waals surface area contributed by atoms with Gasteiger partial charge in [0.05, 0.1) is 6.54 Å². The average molecular weight is 299 g/mol. The highest BCUT2D eigenvalue weighted by Crippen LogP contribution is 2.19. The first-order valence-corrected chi connectivity index (χ1v) is 6.68. The van der Waals surface area contributed by atoms with Crippen molar-refractivity contribution >= 4 is 0 Å². The maximum absolute atomic E-state index is 12.3. The van der Waals surface area contributed by atoms with Crippen molar-refractivity contribution in [2.24, 2.45) is 5.73 Å². The first-order valence-electron chi connectivity index (χ1n) is 6.68. The van der Waals surface area contributed by atoms with Crippen molar-refractivity contribution in [1.29, 1.82) is 0 Å². The molecule has 1 aliphatic rings. The van der Waals surface area contributed by atoms with Gasteiger partial charge in [-0.15, -0.1) is 0 Å². The van der Waals surface area contributed by atoms with E-state index >= 15 is 0 Å². The molecule has 0 spiro atoms. The normalized spacial score (nSPS) is 20.6. The maximum Gasteiger partial charge on any atom is 0.401 e. The zero-order chi connectivity index (χ0) is 15.2. The standard InChI is InChI=1S/C12H24F3N3O2/c1-19-11(20-2)7-10(8-16)18-5-3-17(4-6-18)9-12(13,14)15/h10-11H,3-9,16H2,1-2H3. The molecular formula is C12H24F3N3O2. The van der Waals surface area contributed by atoms with Gasteiger partial charge in [0.2, 0.25) is 0 Å². The van der Waals surface area contributed by atoms with Crippen LogP contribution in [-0.4, -0.2) is 81.8 Å². The summed E-state index contributed by atoms with van der Waals surface area (Å²) in [6.45, 7) is 1.56. The molecule has 0 radical (unpaired) electrons. The Morgan fingerprint density at radius 1 is 1.10 bits per heavy atom. The Bertz CT molecular complexity index is 267. The molecule has 1 unspecified atom stereocenters. The van der Waals surface area contributed by atoms with Crippen LogP contribution in [0.3, 0.4) is 0 Å². The van der Waals surface area contributed by atoms with Gasteiger partial charge in [0.15, 0.2) is 6.29 Å². The lowest BCUT2D eigenvalue weighted by Crippen LogP contribution is -2.54. The Morgan fingerprint density at radius 2 is 1.65 bits per heavy atom. The third-order valence-corrected chi connectivity index (χ3v) is 3.59. The highest BCUT2D eigenvalue weighted by Gasteiger charge is 2.33. The molecule has 1 fully saturated rings. The molecule has 1 aliphatic heterocycles. The molecule has 1 heterocycles. The van der Waals surface area contributed by atoms with Gasteiger partial charge >= 0.3 is 6.18 Å². The SMILES string of the molecule is COC(CC(CN)N1CCN(CC(F)(F)F)CC1)OC. The quantitative estimate of drug-likeness (QED) is 0.694. The Labute approximate surface area is 117 Å². The third kappa shape index (κ3) is 5.92. The highest BCUT2D eigenvalue weighted by atomic mass is 19.4. The van der Waals surface area contributed by atoms with E-state index in [4.69, 9.17) is 15.2 Å². The third-order valence-electron chi connectivity index (χ3n) is 3.59. The lowest BCUT2D eigenvalue weighted by Gasteiger charge is -2.39. The Balaban J connectivity index is 2.42. The molecule has 1 saturated heterocycles. The second kappa shape index (κ2) is 8.14. The summed E-state index contributed by atoms with van der Waals surface area (Å²) in [6, 6.07) is 0.0629. The summed E-state index contributed by atoms with van der Waals surface area (Å²) in [7, 11) is 3.12. The zero-order valence-corrected chi connectivity index (χ0v) is 12.0. The van der Waals surface area contributed by atoms with Crippen LogP contribution in [0.2, 0.25) is 0 Å². The van der Waals surface area contributed by atoms with Gasteiger partial charge in [0.25, 0.3) is 0 Å². The number of ether oxygens (including phenoxy) is 2. The number of halogens is 3. The van der Waals surface area contributed by atoms with Crippen molar-refractivity contribution < 1.29 is 22.6 Å². The molecule has 5 nitrogen and oxygen atoms in total. The van der Waals surface area contributed by atoms with Crippen molar-refractivity contribution in [3.63, 3.8) is 0 Å². The Hall–Kier alpha value is -0.410. The van der Waals surface area contributed by atoms with Crippen LogP contribution in [0.4, 0.5) is 13.2 Å². The van der Waals surface area contributed by atoms with Crippen LogP contribution in [0.5, 0.6) is 0 Å². The summed E-state index contributed by atoms with van der Waals surface area (Å²) < 4.78 is 47.2. The van der Waals surface area contributed by atoms with Crippen LogP contribution in [-0.2, 0) is 9.47 Å². The van der Waals surface area contributed by atoms with Crippen LogP contribution in [0, 0.1) is 0 Å². The van der Waals surface area contributed by atoms with E-state index in [1.807, 2.05) is 0 Å². The minimum absolute atomic E-state index is 0.0629. The monoisotopic (exact) mass is 299 g/mol. The molecule has 0 aromatic heterocycles. The molecule has 0 saturated carbocycles. The van der Waals surface area contributed by atoms with E-state index in [0.29, 0.717) is 39.1 Å². The number of piperazine rings is 1. The number of rotatable bonds is 7. The molecular weight excluding hydrogens is 275 g/mol. The minimum Gasteiger partial charge on any atom is -0.356 e. The van der Waals surface area contributed by atoms with Crippen molar-refractivity contribution in [2.45, 2.75) is 24.9 Å². The van der Waals surface area contributed by atoms with Crippen molar-refractivity contribution in [1.82, 2.24) is 9.80 Å². The largest absolute Gasteiger partial charge is 0.401 e. The van der Waals surface area contributed by atoms with Crippen molar-refractivity contribution in [3.05, 3.63) is 0 Å². The summed E-state index contributed by atoms with van der Waals surface area (Å²) >= 11 is 0. The van der Waals surface area contributed by atoms with Crippen LogP contribution < -0.4 is 5.73 Å². The molecule has 8 heteroatoms. The van der Waals surface area contributed by atoms with Gasteiger partial charge in [0.1, 0.15) is 0 Å². The molecule has 20 heavy (non-hydrogen) atoms. The van der Waals surface area contributed by atoms with Crippen molar-refractivity contribution in [3.8, 4) is 0 Å². The van der Waals surface area contributed by atoms with Crippen LogP contribution in [0.1, 0.15) is 6.42 Å². The minimum atomic E-state index is -4.13. The van der Waals surface area contributed by atoms with Gasteiger partial charge in [-0.05, 0) is 0 Å². The summed E-state index contributed by atoms with van der Waals surface area (Å²) in [5, 5.41) is 0. The highest BCUT2D eigenvalue weighted by molar-refractivity contribution is 4.81. The molecule has 0 aromatic rings. The second-order valence-electron chi connectivity index (χ2n) is 4.95. The average Bonchev–Trinajstić information content (AvgIpc) is 2.40. The smallest absolute Gasteiger partial charge is 0.356 e. The Kier molecular flexibility index (Phi) is 7.18. The van der Waals surface area contributed by atoms with E-state index in [-0.39, 0.29) is 12.3 Å². The van der Waals surface area contributed by atoms with Crippen LogP contribution in [0.25, 0.3) is 0 Å². The van der Waals surface area contributed by atoms with E-state index in [0.717, 1.165) is 0 Å². The van der Waals surface area contributed by atoms with E-state index in [9.17, 15) is 13.2 Å². The summed E-state index contributed by atoms with van der Waals surface area (Å²) in [6.07, 6.45) is -3.85. The number of nitrogens with zero attached hydrogens (tertiary/aromatic N) is 2. The molecule has 120 valence electrons. The number of hydrogen-bond donors (Lipinski definition) is 1. The molecule has 2 N–H and O–H groups in total. The fourth-order valence-electron chi connectivity index (χ4n) is 2.45. The van der Waals surface area contributed by atoms with Crippen molar-refractivity contribution in [2.75, 3.05) is 53.5 Å². The molecule has 0 bridgehead atoms. The van der Waals surface area contributed by atoms with Gasteiger partial charge in [-0.25, -0.2) is 0 Å². The molecule has 1 atom stereocenters. The number of alkyl halides is 3. The summed E-state index contributed by atoms with van der Waals surface area (Å²) in [4.78, 5) is 3.53. The van der Waals surface area contributed by atoms with E-state index in [1.165, 1.54) is 4.90 Å². The molecule has 0 amide bonds. The summed E-state index contributed by atoms with van der Waals surface area (Å²) in [5.74, 6) is 0. The fourth-order valence-corrected chi connectivity index (χ4v) is 2.45. The number of hydrogen-bond acceptors (Lipinski definition) is 5.